The molecule has 1 aromatic rings. The van der Waals surface area contributed by atoms with E-state index in [2.05, 4.69) is 13.0 Å². The molecule has 0 aliphatic rings. The number of hydrogen-bond acceptors (Lipinski definition) is 3. The molecule has 1 rings (SSSR count). The van der Waals surface area contributed by atoms with Gasteiger partial charge in [-0.25, -0.2) is 0 Å². The van der Waals surface area contributed by atoms with Crippen molar-refractivity contribution in [3.05, 3.63) is 29.8 Å². The van der Waals surface area contributed by atoms with E-state index < -0.39 is 0 Å². The Morgan fingerprint density at radius 1 is 1.50 bits per heavy atom. The molecule has 1 aromatic carbocycles. The number of hydrogen-bond donors (Lipinski definition) is 1. The van der Waals surface area contributed by atoms with Crippen LogP contribution in [0.1, 0.15) is 12.5 Å². The minimum absolute atomic E-state index is 0.104. The van der Waals surface area contributed by atoms with Crippen LogP contribution in [0.15, 0.2) is 29.2 Å². The number of ether oxygens (including phenoxy) is 1. The van der Waals surface area contributed by atoms with Crippen molar-refractivity contribution in [3.63, 3.8) is 0 Å². The zero-order chi connectivity index (χ0) is 10.4. The van der Waals surface area contributed by atoms with Crippen molar-refractivity contribution in [2.45, 2.75) is 23.7 Å². The summed E-state index contributed by atoms with van der Waals surface area (Å²) >= 11 is 1.76. The third kappa shape index (κ3) is 3.70. The Morgan fingerprint density at radius 3 is 2.93 bits per heavy atom. The highest BCUT2D eigenvalue weighted by Crippen LogP contribution is 2.23. The summed E-state index contributed by atoms with van der Waals surface area (Å²) in [5.74, 6) is 0. The molecule has 0 amide bonds. The maximum absolute atomic E-state index is 8.97. The van der Waals surface area contributed by atoms with Crippen molar-refractivity contribution >= 4 is 11.8 Å². The lowest BCUT2D eigenvalue weighted by Gasteiger charge is -2.10. The lowest BCUT2D eigenvalue weighted by Crippen LogP contribution is -2.04. The van der Waals surface area contributed by atoms with Gasteiger partial charge in [0.05, 0.1) is 13.2 Å². The first kappa shape index (κ1) is 11.6. The summed E-state index contributed by atoms with van der Waals surface area (Å²) in [6.07, 6.45) is 0. The molecule has 0 radical (unpaired) electrons. The Morgan fingerprint density at radius 2 is 2.29 bits per heavy atom. The van der Waals surface area contributed by atoms with Crippen LogP contribution in [0.5, 0.6) is 0 Å². The van der Waals surface area contributed by atoms with E-state index in [-0.39, 0.29) is 6.61 Å². The zero-order valence-corrected chi connectivity index (χ0v) is 9.38. The van der Waals surface area contributed by atoms with Crippen molar-refractivity contribution < 1.29 is 9.84 Å². The molecule has 1 unspecified atom stereocenters. The average Bonchev–Trinajstić information content (AvgIpc) is 2.18. The van der Waals surface area contributed by atoms with Crippen LogP contribution in [0.3, 0.4) is 0 Å². The van der Waals surface area contributed by atoms with Gasteiger partial charge in [0.2, 0.25) is 0 Å². The molecular formula is C11H16O2S. The summed E-state index contributed by atoms with van der Waals surface area (Å²) in [7, 11) is 1.71. The van der Waals surface area contributed by atoms with Crippen molar-refractivity contribution in [1.82, 2.24) is 0 Å². The molecule has 0 aliphatic heterocycles. The summed E-state index contributed by atoms with van der Waals surface area (Å²) in [4.78, 5) is 1.18. The smallest absolute Gasteiger partial charge is 0.0682 e. The lowest BCUT2D eigenvalue weighted by atomic mass is 10.2. The van der Waals surface area contributed by atoms with Gasteiger partial charge in [-0.05, 0) is 17.7 Å². The molecule has 0 aliphatic carbocycles. The number of thioether (sulfide) groups is 1. The SMILES string of the molecule is COCC(C)Sc1cccc(CO)c1. The second kappa shape index (κ2) is 6.06. The molecule has 0 bridgehead atoms. The Balaban J connectivity index is 2.57. The number of aliphatic hydroxyl groups is 1. The molecular weight excluding hydrogens is 196 g/mol. The monoisotopic (exact) mass is 212 g/mol. The molecule has 0 fully saturated rings. The molecule has 0 spiro atoms. The Kier molecular flexibility index (Phi) is 5.01. The standard InChI is InChI=1S/C11H16O2S/c1-9(8-13-2)14-11-5-3-4-10(6-11)7-12/h3-6,9,12H,7-8H2,1-2H3. The van der Waals surface area contributed by atoms with Crippen LogP contribution in [0.4, 0.5) is 0 Å². The molecule has 3 heteroatoms. The van der Waals surface area contributed by atoms with E-state index in [1.165, 1.54) is 4.90 Å². The molecule has 78 valence electrons. The normalized spacial score (nSPS) is 12.8. The average molecular weight is 212 g/mol. The second-order valence-corrected chi connectivity index (χ2v) is 4.70. The summed E-state index contributed by atoms with van der Waals surface area (Å²) < 4.78 is 5.06. The molecule has 0 aromatic heterocycles. The molecule has 1 N–H and O–H groups in total. The highest BCUT2D eigenvalue weighted by molar-refractivity contribution is 8.00. The third-order valence-electron chi connectivity index (χ3n) is 1.82. The second-order valence-electron chi connectivity index (χ2n) is 3.19. The van der Waals surface area contributed by atoms with Crippen LogP contribution >= 0.6 is 11.8 Å². The van der Waals surface area contributed by atoms with E-state index in [1.54, 1.807) is 18.9 Å². The van der Waals surface area contributed by atoms with E-state index >= 15 is 0 Å². The Labute approximate surface area is 89.3 Å². The van der Waals surface area contributed by atoms with Crippen molar-refractivity contribution in [2.24, 2.45) is 0 Å². The molecule has 0 heterocycles. The van der Waals surface area contributed by atoms with Gasteiger partial charge in [0, 0.05) is 17.3 Å². The topological polar surface area (TPSA) is 29.5 Å². The number of methoxy groups -OCH3 is 1. The van der Waals surface area contributed by atoms with Crippen LogP contribution in [-0.2, 0) is 11.3 Å². The van der Waals surface area contributed by atoms with E-state index in [0.717, 1.165) is 12.2 Å². The molecule has 0 saturated carbocycles. The van der Waals surface area contributed by atoms with Gasteiger partial charge in [-0.1, -0.05) is 19.1 Å². The molecule has 14 heavy (non-hydrogen) atoms. The van der Waals surface area contributed by atoms with Crippen LogP contribution in [0, 0.1) is 0 Å². The predicted molar refractivity (Wildman–Crippen MR) is 59.6 cm³/mol. The Bertz CT molecular complexity index is 276. The van der Waals surface area contributed by atoms with Crippen LogP contribution in [-0.4, -0.2) is 24.1 Å². The number of benzene rings is 1. The largest absolute Gasteiger partial charge is 0.392 e. The van der Waals surface area contributed by atoms with Crippen LogP contribution < -0.4 is 0 Å². The van der Waals surface area contributed by atoms with Gasteiger partial charge in [0.1, 0.15) is 0 Å². The van der Waals surface area contributed by atoms with Gasteiger partial charge in [-0.2, -0.15) is 0 Å². The summed E-state index contributed by atoms with van der Waals surface area (Å²) in [6.45, 7) is 2.97. The lowest BCUT2D eigenvalue weighted by molar-refractivity contribution is 0.203. The maximum atomic E-state index is 8.97. The fourth-order valence-corrected chi connectivity index (χ4v) is 2.26. The predicted octanol–water partition coefficient (Wildman–Crippen LogP) is 2.31. The van der Waals surface area contributed by atoms with Gasteiger partial charge >= 0.3 is 0 Å². The molecule has 1 atom stereocenters. The van der Waals surface area contributed by atoms with Gasteiger partial charge in [0.15, 0.2) is 0 Å². The van der Waals surface area contributed by atoms with Crippen LogP contribution in [0.2, 0.25) is 0 Å². The molecule has 0 saturated heterocycles. The highest BCUT2D eigenvalue weighted by atomic mass is 32.2. The number of rotatable bonds is 5. The first-order chi connectivity index (χ1) is 6.76. The van der Waals surface area contributed by atoms with Crippen molar-refractivity contribution in [2.75, 3.05) is 13.7 Å². The minimum atomic E-state index is 0.104. The van der Waals surface area contributed by atoms with Gasteiger partial charge in [0.25, 0.3) is 0 Å². The summed E-state index contributed by atoms with van der Waals surface area (Å²) in [5, 5.41) is 9.40. The maximum Gasteiger partial charge on any atom is 0.0682 e. The minimum Gasteiger partial charge on any atom is -0.392 e. The molecule has 2 nitrogen and oxygen atoms in total. The summed E-state index contributed by atoms with van der Waals surface area (Å²) in [5.41, 5.74) is 0.958. The third-order valence-corrected chi connectivity index (χ3v) is 2.88. The first-order valence-corrected chi connectivity index (χ1v) is 5.49. The highest BCUT2D eigenvalue weighted by Gasteiger charge is 2.03. The van der Waals surface area contributed by atoms with E-state index in [4.69, 9.17) is 9.84 Å². The zero-order valence-electron chi connectivity index (χ0n) is 8.56. The fraction of sp³-hybridized carbons (Fsp3) is 0.455. The Hall–Kier alpha value is -0.510. The van der Waals surface area contributed by atoms with Crippen molar-refractivity contribution in [1.29, 1.82) is 0 Å². The first-order valence-electron chi connectivity index (χ1n) is 4.61. The van der Waals surface area contributed by atoms with Crippen molar-refractivity contribution in [3.8, 4) is 0 Å². The quantitative estimate of drug-likeness (QED) is 0.759. The van der Waals surface area contributed by atoms with E-state index in [1.807, 2.05) is 18.2 Å². The van der Waals surface area contributed by atoms with E-state index in [0.29, 0.717) is 5.25 Å². The van der Waals surface area contributed by atoms with E-state index in [9.17, 15) is 0 Å². The number of aliphatic hydroxyl groups excluding tert-OH is 1. The van der Waals surface area contributed by atoms with Gasteiger partial charge in [-0.15, -0.1) is 11.8 Å². The summed E-state index contributed by atoms with van der Waals surface area (Å²) in [6, 6.07) is 7.95. The van der Waals surface area contributed by atoms with Gasteiger partial charge < -0.3 is 9.84 Å². The van der Waals surface area contributed by atoms with Crippen LogP contribution in [0.25, 0.3) is 0 Å². The van der Waals surface area contributed by atoms with Gasteiger partial charge in [-0.3, -0.25) is 0 Å². The fourth-order valence-electron chi connectivity index (χ4n) is 1.22.